The van der Waals surface area contributed by atoms with Gasteiger partial charge >= 0.3 is 0 Å². The molecular weight excluding hydrogens is 218 g/mol. The quantitative estimate of drug-likeness (QED) is 0.769. The van der Waals surface area contributed by atoms with Crippen LogP contribution in [-0.2, 0) is 0 Å². The Bertz CT molecular complexity index is 301. The molecule has 1 unspecified atom stereocenters. The van der Waals surface area contributed by atoms with E-state index in [0.717, 1.165) is 16.7 Å². The molecule has 0 bridgehead atoms. The smallest absolute Gasteiger partial charge is 0.0521 e. The number of aliphatic hydroxyl groups excluding tert-OH is 1. The van der Waals surface area contributed by atoms with Crippen molar-refractivity contribution in [2.24, 2.45) is 0 Å². The molecule has 0 saturated heterocycles. The molecule has 1 heterocycles. The summed E-state index contributed by atoms with van der Waals surface area (Å²) >= 11 is 3.46. The van der Waals surface area contributed by atoms with E-state index in [1.165, 1.54) is 5.56 Å². The standard InChI is InChI=1S/C9H10BrNO/c10-8-3-1-2-7-6(5-12)4-11-9(7)8/h1-3,6,11-12H,4-5H2. The monoisotopic (exact) mass is 227 g/mol. The second kappa shape index (κ2) is 3.07. The number of anilines is 1. The van der Waals surface area contributed by atoms with Crippen LogP contribution in [0, 0.1) is 0 Å². The molecular formula is C9H10BrNO. The van der Waals surface area contributed by atoms with Crippen LogP contribution in [0.15, 0.2) is 22.7 Å². The lowest BCUT2D eigenvalue weighted by Crippen LogP contribution is -2.05. The molecule has 0 aromatic heterocycles. The third-order valence-corrected chi connectivity index (χ3v) is 2.89. The topological polar surface area (TPSA) is 32.3 Å². The fourth-order valence-electron chi connectivity index (χ4n) is 1.57. The average Bonchev–Trinajstić information content (AvgIpc) is 2.49. The number of hydrogen-bond donors (Lipinski definition) is 2. The van der Waals surface area contributed by atoms with Crippen molar-refractivity contribution in [3.8, 4) is 0 Å². The maximum Gasteiger partial charge on any atom is 0.0521 e. The second-order valence-corrected chi connectivity index (χ2v) is 3.82. The van der Waals surface area contributed by atoms with Gasteiger partial charge in [0.1, 0.15) is 0 Å². The Kier molecular flexibility index (Phi) is 2.07. The SMILES string of the molecule is OCC1CNc2c(Br)cccc21. The van der Waals surface area contributed by atoms with E-state index in [0.29, 0.717) is 0 Å². The minimum absolute atomic E-state index is 0.219. The Hall–Kier alpha value is -0.540. The molecule has 3 heteroatoms. The maximum absolute atomic E-state index is 9.05. The van der Waals surface area contributed by atoms with Crippen molar-refractivity contribution in [2.75, 3.05) is 18.5 Å². The van der Waals surface area contributed by atoms with Gasteiger partial charge in [0.2, 0.25) is 0 Å². The minimum atomic E-state index is 0.219. The van der Waals surface area contributed by atoms with E-state index in [-0.39, 0.29) is 12.5 Å². The fraction of sp³-hybridized carbons (Fsp3) is 0.333. The van der Waals surface area contributed by atoms with Gasteiger partial charge in [-0.25, -0.2) is 0 Å². The summed E-state index contributed by atoms with van der Waals surface area (Å²) in [4.78, 5) is 0. The normalized spacial score (nSPS) is 20.3. The van der Waals surface area contributed by atoms with Crippen LogP contribution in [0.25, 0.3) is 0 Å². The van der Waals surface area contributed by atoms with E-state index < -0.39 is 0 Å². The van der Waals surface area contributed by atoms with Crippen molar-refractivity contribution < 1.29 is 5.11 Å². The molecule has 1 aromatic rings. The Morgan fingerprint density at radius 1 is 1.58 bits per heavy atom. The molecule has 2 nitrogen and oxygen atoms in total. The Morgan fingerprint density at radius 3 is 3.17 bits per heavy atom. The molecule has 0 amide bonds. The van der Waals surface area contributed by atoms with Crippen LogP contribution >= 0.6 is 15.9 Å². The van der Waals surface area contributed by atoms with Gasteiger partial charge in [-0.2, -0.15) is 0 Å². The molecule has 64 valence electrons. The zero-order chi connectivity index (χ0) is 8.55. The third-order valence-electron chi connectivity index (χ3n) is 2.23. The molecule has 0 spiro atoms. The van der Waals surface area contributed by atoms with Gasteiger partial charge in [0.15, 0.2) is 0 Å². The molecule has 2 N–H and O–H groups in total. The van der Waals surface area contributed by atoms with Crippen molar-refractivity contribution in [3.63, 3.8) is 0 Å². The van der Waals surface area contributed by atoms with E-state index in [1.807, 2.05) is 12.1 Å². The van der Waals surface area contributed by atoms with Gasteiger partial charge in [-0.3, -0.25) is 0 Å². The first-order valence-electron chi connectivity index (χ1n) is 3.96. The fourth-order valence-corrected chi connectivity index (χ4v) is 2.09. The number of benzene rings is 1. The van der Waals surface area contributed by atoms with Crippen LogP contribution in [0.3, 0.4) is 0 Å². The molecule has 0 radical (unpaired) electrons. The number of para-hydroxylation sites is 1. The van der Waals surface area contributed by atoms with Crippen molar-refractivity contribution in [1.82, 2.24) is 0 Å². The maximum atomic E-state index is 9.05. The predicted molar refractivity (Wildman–Crippen MR) is 52.5 cm³/mol. The first-order valence-corrected chi connectivity index (χ1v) is 4.75. The van der Waals surface area contributed by atoms with Gasteiger partial charge < -0.3 is 10.4 Å². The summed E-state index contributed by atoms with van der Waals surface area (Å²) in [6, 6.07) is 6.06. The summed E-state index contributed by atoms with van der Waals surface area (Å²) in [5.74, 6) is 0.262. The van der Waals surface area contributed by atoms with E-state index >= 15 is 0 Å². The van der Waals surface area contributed by atoms with E-state index in [9.17, 15) is 0 Å². The number of aliphatic hydroxyl groups is 1. The van der Waals surface area contributed by atoms with Crippen molar-refractivity contribution in [2.45, 2.75) is 5.92 Å². The number of hydrogen-bond acceptors (Lipinski definition) is 2. The summed E-state index contributed by atoms with van der Waals surface area (Å²) in [5.41, 5.74) is 2.35. The van der Waals surface area contributed by atoms with Crippen molar-refractivity contribution in [1.29, 1.82) is 0 Å². The third kappa shape index (κ3) is 1.13. The van der Waals surface area contributed by atoms with Crippen molar-refractivity contribution in [3.05, 3.63) is 28.2 Å². The summed E-state index contributed by atoms with van der Waals surface area (Å²) in [6.45, 7) is 1.06. The van der Waals surface area contributed by atoms with Gasteiger partial charge in [-0.1, -0.05) is 12.1 Å². The molecule has 1 atom stereocenters. The van der Waals surface area contributed by atoms with Crippen LogP contribution < -0.4 is 5.32 Å². The Balaban J connectivity index is 2.46. The highest BCUT2D eigenvalue weighted by molar-refractivity contribution is 9.10. The number of nitrogens with one attached hydrogen (secondary N) is 1. The molecule has 1 aliphatic rings. The number of halogens is 1. The van der Waals surface area contributed by atoms with E-state index in [1.54, 1.807) is 0 Å². The summed E-state index contributed by atoms with van der Waals surface area (Å²) in [6.07, 6.45) is 0. The molecule has 1 aliphatic heterocycles. The highest BCUT2D eigenvalue weighted by Crippen LogP contribution is 2.36. The highest BCUT2D eigenvalue weighted by Gasteiger charge is 2.22. The molecule has 0 aliphatic carbocycles. The zero-order valence-electron chi connectivity index (χ0n) is 6.55. The van der Waals surface area contributed by atoms with Gasteiger partial charge in [-0.05, 0) is 27.6 Å². The van der Waals surface area contributed by atoms with Crippen LogP contribution in [0.2, 0.25) is 0 Å². The lowest BCUT2D eigenvalue weighted by Gasteiger charge is -2.04. The molecule has 12 heavy (non-hydrogen) atoms. The molecule has 1 aromatic carbocycles. The number of fused-ring (bicyclic) bond motifs is 1. The predicted octanol–water partition coefficient (Wildman–Crippen LogP) is 1.95. The van der Waals surface area contributed by atoms with Crippen LogP contribution in [0.5, 0.6) is 0 Å². The van der Waals surface area contributed by atoms with Crippen LogP contribution in [0.4, 0.5) is 5.69 Å². The molecule has 2 rings (SSSR count). The average molecular weight is 228 g/mol. The van der Waals surface area contributed by atoms with Gasteiger partial charge in [0.05, 0.1) is 12.3 Å². The Labute approximate surface area is 79.7 Å². The number of rotatable bonds is 1. The largest absolute Gasteiger partial charge is 0.396 e. The molecule has 0 fully saturated rings. The lowest BCUT2D eigenvalue weighted by atomic mass is 10.0. The lowest BCUT2D eigenvalue weighted by molar-refractivity contribution is 0.273. The minimum Gasteiger partial charge on any atom is -0.396 e. The Morgan fingerprint density at radius 2 is 2.42 bits per heavy atom. The second-order valence-electron chi connectivity index (χ2n) is 2.96. The van der Waals surface area contributed by atoms with Crippen LogP contribution in [-0.4, -0.2) is 18.3 Å². The van der Waals surface area contributed by atoms with E-state index in [4.69, 9.17) is 5.11 Å². The summed E-state index contributed by atoms with van der Waals surface area (Å²) in [7, 11) is 0. The zero-order valence-corrected chi connectivity index (χ0v) is 8.13. The van der Waals surface area contributed by atoms with Gasteiger partial charge in [0.25, 0.3) is 0 Å². The first-order chi connectivity index (χ1) is 5.83. The summed E-state index contributed by atoms with van der Waals surface area (Å²) in [5, 5.41) is 12.3. The first kappa shape index (κ1) is 8.08. The van der Waals surface area contributed by atoms with Crippen molar-refractivity contribution >= 4 is 21.6 Å². The van der Waals surface area contributed by atoms with Crippen LogP contribution in [0.1, 0.15) is 11.5 Å². The molecule has 0 saturated carbocycles. The summed E-state index contributed by atoms with van der Waals surface area (Å²) < 4.78 is 1.08. The van der Waals surface area contributed by atoms with Gasteiger partial charge in [-0.15, -0.1) is 0 Å². The van der Waals surface area contributed by atoms with E-state index in [2.05, 4.69) is 27.3 Å². The van der Waals surface area contributed by atoms with Gasteiger partial charge in [0, 0.05) is 16.9 Å². The highest BCUT2D eigenvalue weighted by atomic mass is 79.9.